The van der Waals surface area contributed by atoms with Crippen LogP contribution in [0.4, 0.5) is 0 Å². The highest BCUT2D eigenvalue weighted by Crippen LogP contribution is 2.28. The minimum Gasteiger partial charge on any atom is -0.497 e. The number of nitrogens with zero attached hydrogens (tertiary/aromatic N) is 2. The largest absolute Gasteiger partial charge is 0.497 e. The summed E-state index contributed by atoms with van der Waals surface area (Å²) in [6.07, 6.45) is 0. The molecule has 0 radical (unpaired) electrons. The Bertz CT molecular complexity index is 857. The van der Waals surface area contributed by atoms with Crippen molar-refractivity contribution >= 4 is 5.96 Å². The van der Waals surface area contributed by atoms with Gasteiger partial charge in [-0.25, -0.2) is 4.99 Å². The van der Waals surface area contributed by atoms with Crippen molar-refractivity contribution < 1.29 is 24.1 Å². The van der Waals surface area contributed by atoms with Gasteiger partial charge in [-0.15, -0.1) is 0 Å². The zero-order chi connectivity index (χ0) is 22.6. The molecule has 0 spiro atoms. The van der Waals surface area contributed by atoms with Gasteiger partial charge in [0.2, 0.25) is 0 Å². The number of aliphatic hydroxyl groups excluding tert-OH is 1. The number of hydrogen-bond donors (Lipinski definition) is 2. The lowest BCUT2D eigenvalue weighted by molar-refractivity contribution is 0.196. The van der Waals surface area contributed by atoms with Crippen LogP contribution in [0.5, 0.6) is 23.0 Å². The summed E-state index contributed by atoms with van der Waals surface area (Å²) in [6, 6.07) is 11.5. The third kappa shape index (κ3) is 6.96. The Morgan fingerprint density at radius 1 is 1.00 bits per heavy atom. The molecule has 2 aromatic carbocycles. The highest BCUT2D eigenvalue weighted by Gasteiger charge is 2.12. The van der Waals surface area contributed by atoms with E-state index in [9.17, 15) is 0 Å². The van der Waals surface area contributed by atoms with Gasteiger partial charge in [0.25, 0.3) is 0 Å². The molecule has 0 saturated carbocycles. The van der Waals surface area contributed by atoms with Crippen molar-refractivity contribution in [2.24, 2.45) is 4.99 Å². The maximum atomic E-state index is 8.95. The minimum absolute atomic E-state index is 0.0490. The summed E-state index contributed by atoms with van der Waals surface area (Å²) in [5, 5.41) is 12.3. The second-order valence-corrected chi connectivity index (χ2v) is 6.76. The SMILES string of the molecule is CCNC(=NCc1ccc(OCCO)c(OC)c1)N(C)Cc1ccc(OC)cc1OC. The van der Waals surface area contributed by atoms with Gasteiger partial charge < -0.3 is 34.3 Å². The summed E-state index contributed by atoms with van der Waals surface area (Å²) in [6.45, 7) is 4.05. The van der Waals surface area contributed by atoms with Crippen LogP contribution in [0.3, 0.4) is 0 Å². The predicted octanol–water partition coefficient (Wildman–Crippen LogP) is 2.68. The molecule has 8 heteroatoms. The molecule has 0 bridgehead atoms. The van der Waals surface area contributed by atoms with Gasteiger partial charge in [0.1, 0.15) is 18.1 Å². The van der Waals surface area contributed by atoms with E-state index < -0.39 is 0 Å². The van der Waals surface area contributed by atoms with Crippen LogP contribution in [0.15, 0.2) is 41.4 Å². The van der Waals surface area contributed by atoms with E-state index in [-0.39, 0.29) is 13.2 Å². The Labute approximate surface area is 184 Å². The number of hydrogen-bond acceptors (Lipinski definition) is 6. The molecule has 170 valence electrons. The molecule has 0 aliphatic heterocycles. The van der Waals surface area contributed by atoms with E-state index >= 15 is 0 Å². The number of guanidine groups is 1. The lowest BCUT2D eigenvalue weighted by Crippen LogP contribution is -2.38. The summed E-state index contributed by atoms with van der Waals surface area (Å²) in [4.78, 5) is 6.81. The normalized spacial score (nSPS) is 11.1. The maximum absolute atomic E-state index is 8.95. The van der Waals surface area contributed by atoms with Gasteiger partial charge in [0.05, 0.1) is 34.5 Å². The highest BCUT2D eigenvalue weighted by molar-refractivity contribution is 5.79. The average Bonchev–Trinajstić information content (AvgIpc) is 2.80. The Kier molecular flexibility index (Phi) is 9.77. The fourth-order valence-corrected chi connectivity index (χ4v) is 3.03. The summed E-state index contributed by atoms with van der Waals surface area (Å²) >= 11 is 0. The van der Waals surface area contributed by atoms with Gasteiger partial charge >= 0.3 is 0 Å². The standard InChI is InChI=1S/C23H33N3O5/c1-6-24-23(26(2)16-18-8-9-19(28-3)14-21(18)29-4)25-15-17-7-10-20(31-12-11-27)22(13-17)30-5/h7-10,13-14,27H,6,11-12,15-16H2,1-5H3,(H,24,25). The summed E-state index contributed by atoms with van der Waals surface area (Å²) in [7, 11) is 6.86. The van der Waals surface area contributed by atoms with Crippen molar-refractivity contribution in [3.63, 3.8) is 0 Å². The first-order chi connectivity index (χ1) is 15.1. The molecule has 0 aliphatic rings. The summed E-state index contributed by atoms with van der Waals surface area (Å²) < 4.78 is 21.7. The fraction of sp³-hybridized carbons (Fsp3) is 0.435. The second-order valence-electron chi connectivity index (χ2n) is 6.76. The molecule has 0 heterocycles. The number of ether oxygens (including phenoxy) is 4. The van der Waals surface area contributed by atoms with Crippen LogP contribution in [-0.4, -0.2) is 64.1 Å². The van der Waals surface area contributed by atoms with Gasteiger partial charge in [-0.05, 0) is 36.8 Å². The average molecular weight is 432 g/mol. The van der Waals surface area contributed by atoms with Crippen LogP contribution in [0.1, 0.15) is 18.1 Å². The topological polar surface area (TPSA) is 84.8 Å². The van der Waals surface area contributed by atoms with Crippen LogP contribution in [0.2, 0.25) is 0 Å². The third-order valence-corrected chi connectivity index (χ3v) is 4.59. The Hall–Kier alpha value is -3.13. The molecule has 0 saturated heterocycles. The second kappa shape index (κ2) is 12.5. The molecule has 0 aromatic heterocycles. The molecular weight excluding hydrogens is 398 g/mol. The molecule has 0 amide bonds. The minimum atomic E-state index is -0.0490. The van der Waals surface area contributed by atoms with Crippen molar-refractivity contribution in [2.45, 2.75) is 20.0 Å². The summed E-state index contributed by atoms with van der Waals surface area (Å²) in [5.74, 6) is 3.51. The zero-order valence-corrected chi connectivity index (χ0v) is 19.0. The van der Waals surface area contributed by atoms with Crippen molar-refractivity contribution in [2.75, 3.05) is 48.1 Å². The number of aliphatic hydroxyl groups is 1. The monoisotopic (exact) mass is 431 g/mol. The van der Waals surface area contributed by atoms with Crippen LogP contribution >= 0.6 is 0 Å². The first kappa shape index (κ1) is 24.1. The van der Waals surface area contributed by atoms with E-state index in [1.807, 2.05) is 55.3 Å². The highest BCUT2D eigenvalue weighted by atomic mass is 16.5. The number of methoxy groups -OCH3 is 3. The van der Waals surface area contributed by atoms with Crippen molar-refractivity contribution in [1.82, 2.24) is 10.2 Å². The molecule has 8 nitrogen and oxygen atoms in total. The van der Waals surface area contributed by atoms with E-state index in [1.165, 1.54) is 0 Å². The zero-order valence-electron chi connectivity index (χ0n) is 19.0. The molecule has 2 N–H and O–H groups in total. The predicted molar refractivity (Wildman–Crippen MR) is 121 cm³/mol. The van der Waals surface area contributed by atoms with Crippen LogP contribution in [0, 0.1) is 0 Å². The number of benzene rings is 2. The molecule has 31 heavy (non-hydrogen) atoms. The summed E-state index contributed by atoms with van der Waals surface area (Å²) in [5.41, 5.74) is 2.02. The lowest BCUT2D eigenvalue weighted by atomic mass is 10.2. The molecule has 0 unspecified atom stereocenters. The van der Waals surface area contributed by atoms with Gasteiger partial charge in [-0.2, -0.15) is 0 Å². The van der Waals surface area contributed by atoms with E-state index in [0.717, 1.165) is 35.1 Å². The van der Waals surface area contributed by atoms with E-state index in [2.05, 4.69) is 5.32 Å². The lowest BCUT2D eigenvalue weighted by Gasteiger charge is -2.23. The van der Waals surface area contributed by atoms with Crippen molar-refractivity contribution in [3.8, 4) is 23.0 Å². The van der Waals surface area contributed by atoms with Gasteiger partial charge in [0, 0.05) is 31.8 Å². The molecule has 0 aliphatic carbocycles. The number of aliphatic imine (C=N–C) groups is 1. The third-order valence-electron chi connectivity index (χ3n) is 4.59. The quantitative estimate of drug-likeness (QED) is 0.418. The number of rotatable bonds is 11. The Morgan fingerprint density at radius 3 is 2.42 bits per heavy atom. The number of nitrogens with one attached hydrogen (secondary N) is 1. The Morgan fingerprint density at radius 2 is 1.77 bits per heavy atom. The van der Waals surface area contributed by atoms with Crippen molar-refractivity contribution in [1.29, 1.82) is 0 Å². The van der Waals surface area contributed by atoms with Crippen LogP contribution in [0.25, 0.3) is 0 Å². The van der Waals surface area contributed by atoms with Crippen molar-refractivity contribution in [3.05, 3.63) is 47.5 Å². The fourth-order valence-electron chi connectivity index (χ4n) is 3.03. The molecule has 2 aromatic rings. The van der Waals surface area contributed by atoms with Crippen LogP contribution in [-0.2, 0) is 13.1 Å². The first-order valence-electron chi connectivity index (χ1n) is 10.2. The van der Waals surface area contributed by atoms with Crippen LogP contribution < -0.4 is 24.3 Å². The van der Waals surface area contributed by atoms with Gasteiger partial charge in [-0.1, -0.05) is 6.07 Å². The molecule has 0 atom stereocenters. The van der Waals surface area contributed by atoms with Gasteiger partial charge in [-0.3, -0.25) is 0 Å². The smallest absolute Gasteiger partial charge is 0.194 e. The van der Waals surface area contributed by atoms with E-state index in [1.54, 1.807) is 21.3 Å². The van der Waals surface area contributed by atoms with E-state index in [0.29, 0.717) is 24.6 Å². The molecule has 2 rings (SSSR count). The molecular formula is C23H33N3O5. The van der Waals surface area contributed by atoms with E-state index in [4.69, 9.17) is 29.0 Å². The Balaban J connectivity index is 2.16. The van der Waals surface area contributed by atoms with Gasteiger partial charge in [0.15, 0.2) is 17.5 Å². The first-order valence-corrected chi connectivity index (χ1v) is 10.2. The molecule has 0 fully saturated rings. The maximum Gasteiger partial charge on any atom is 0.194 e.